The summed E-state index contributed by atoms with van der Waals surface area (Å²) in [6.07, 6.45) is -1.97. The maximum Gasteiger partial charge on any atom is 0.189 e. The Morgan fingerprint density at radius 1 is 1.40 bits per heavy atom. The normalized spacial score (nSPS) is 22.1. The highest BCUT2D eigenvalue weighted by Crippen LogP contribution is 2.24. The summed E-state index contributed by atoms with van der Waals surface area (Å²) in [6, 6.07) is 9.78. The summed E-state index contributed by atoms with van der Waals surface area (Å²) in [5.41, 5.74) is 1.07. The SMILES string of the molecule is CC1(C)OC[C@H]([C@H](F)C#CCOCc2ccccc2)O1. The average molecular weight is 278 g/mol. The van der Waals surface area contributed by atoms with Crippen molar-refractivity contribution in [1.82, 2.24) is 0 Å². The van der Waals surface area contributed by atoms with Crippen molar-refractivity contribution in [2.45, 2.75) is 38.5 Å². The summed E-state index contributed by atoms with van der Waals surface area (Å²) in [4.78, 5) is 0. The molecule has 0 bridgehead atoms. The van der Waals surface area contributed by atoms with Gasteiger partial charge in [0.2, 0.25) is 0 Å². The smallest absolute Gasteiger partial charge is 0.189 e. The molecule has 1 aromatic carbocycles. The monoisotopic (exact) mass is 278 g/mol. The molecule has 3 nitrogen and oxygen atoms in total. The van der Waals surface area contributed by atoms with Crippen molar-refractivity contribution in [3.05, 3.63) is 35.9 Å². The lowest BCUT2D eigenvalue weighted by Crippen LogP contribution is -2.27. The van der Waals surface area contributed by atoms with E-state index in [1.165, 1.54) is 0 Å². The molecule has 0 unspecified atom stereocenters. The number of benzene rings is 1. The molecule has 1 aliphatic heterocycles. The topological polar surface area (TPSA) is 27.7 Å². The second kappa shape index (κ2) is 6.85. The number of hydrogen-bond donors (Lipinski definition) is 0. The molecular weight excluding hydrogens is 259 g/mol. The Bertz CT molecular complexity index is 475. The minimum atomic E-state index is -1.35. The Kier molecular flexibility index (Phi) is 5.13. The summed E-state index contributed by atoms with van der Waals surface area (Å²) in [6.45, 7) is 4.43. The van der Waals surface area contributed by atoms with Crippen molar-refractivity contribution in [3.8, 4) is 11.8 Å². The summed E-state index contributed by atoms with van der Waals surface area (Å²) in [5, 5.41) is 0. The fraction of sp³-hybridized carbons (Fsp3) is 0.500. The van der Waals surface area contributed by atoms with Gasteiger partial charge in [0.15, 0.2) is 12.0 Å². The first-order chi connectivity index (χ1) is 9.57. The number of halogens is 1. The van der Waals surface area contributed by atoms with Gasteiger partial charge in [-0.2, -0.15) is 0 Å². The number of ether oxygens (including phenoxy) is 3. The van der Waals surface area contributed by atoms with Crippen molar-refractivity contribution in [2.24, 2.45) is 0 Å². The van der Waals surface area contributed by atoms with Crippen LogP contribution in [0.3, 0.4) is 0 Å². The van der Waals surface area contributed by atoms with E-state index in [1.54, 1.807) is 13.8 Å². The van der Waals surface area contributed by atoms with Crippen molar-refractivity contribution in [3.63, 3.8) is 0 Å². The highest BCUT2D eigenvalue weighted by atomic mass is 19.1. The molecule has 2 rings (SSSR count). The molecule has 0 spiro atoms. The van der Waals surface area contributed by atoms with Gasteiger partial charge < -0.3 is 14.2 Å². The van der Waals surface area contributed by atoms with Crippen molar-refractivity contribution in [2.75, 3.05) is 13.2 Å². The zero-order valence-electron chi connectivity index (χ0n) is 11.8. The van der Waals surface area contributed by atoms with Crippen LogP contribution < -0.4 is 0 Å². The van der Waals surface area contributed by atoms with Gasteiger partial charge in [0, 0.05) is 0 Å². The lowest BCUT2D eigenvalue weighted by Gasteiger charge is -2.17. The van der Waals surface area contributed by atoms with Crippen LogP contribution in [0.5, 0.6) is 0 Å². The summed E-state index contributed by atoms with van der Waals surface area (Å²) in [7, 11) is 0. The van der Waals surface area contributed by atoms with Crippen LogP contribution in [0.1, 0.15) is 19.4 Å². The highest BCUT2D eigenvalue weighted by Gasteiger charge is 2.36. The maximum absolute atomic E-state index is 13.8. The first-order valence-corrected chi connectivity index (χ1v) is 6.63. The Morgan fingerprint density at radius 2 is 2.15 bits per heavy atom. The van der Waals surface area contributed by atoms with E-state index in [9.17, 15) is 4.39 Å². The minimum Gasteiger partial charge on any atom is -0.364 e. The molecule has 0 aromatic heterocycles. The molecule has 1 saturated heterocycles. The quantitative estimate of drug-likeness (QED) is 0.626. The molecule has 1 aliphatic rings. The predicted octanol–water partition coefficient (Wildman–Crippen LogP) is 2.70. The lowest BCUT2D eigenvalue weighted by atomic mass is 10.2. The fourth-order valence-electron chi connectivity index (χ4n) is 1.89. The standard InChI is InChI=1S/C16H19FO3/c1-16(2)19-12-15(20-16)14(17)9-6-10-18-11-13-7-4-3-5-8-13/h3-5,7-8,14-15H,10-12H2,1-2H3/t14-,15-/m1/s1. The van der Waals surface area contributed by atoms with Gasteiger partial charge in [0.25, 0.3) is 0 Å². The van der Waals surface area contributed by atoms with E-state index in [1.807, 2.05) is 30.3 Å². The molecule has 108 valence electrons. The molecule has 1 aromatic rings. The Balaban J connectivity index is 1.69. The van der Waals surface area contributed by atoms with Gasteiger partial charge >= 0.3 is 0 Å². The molecule has 0 N–H and O–H groups in total. The van der Waals surface area contributed by atoms with Gasteiger partial charge in [0.1, 0.15) is 12.7 Å². The summed E-state index contributed by atoms with van der Waals surface area (Å²) < 4.78 is 29.8. The van der Waals surface area contributed by atoms with E-state index in [2.05, 4.69) is 11.8 Å². The van der Waals surface area contributed by atoms with Crippen LogP contribution in [0.25, 0.3) is 0 Å². The van der Waals surface area contributed by atoms with Gasteiger partial charge in [-0.1, -0.05) is 42.2 Å². The zero-order chi connectivity index (χ0) is 14.4. The minimum absolute atomic E-state index is 0.201. The third-order valence-electron chi connectivity index (χ3n) is 2.88. The summed E-state index contributed by atoms with van der Waals surface area (Å²) in [5.74, 6) is 4.46. The molecule has 0 saturated carbocycles. The van der Waals surface area contributed by atoms with Crippen LogP contribution in [0.2, 0.25) is 0 Å². The predicted molar refractivity (Wildman–Crippen MR) is 73.7 cm³/mol. The van der Waals surface area contributed by atoms with E-state index >= 15 is 0 Å². The van der Waals surface area contributed by atoms with Crippen LogP contribution in [-0.4, -0.2) is 31.3 Å². The third-order valence-corrected chi connectivity index (χ3v) is 2.88. The Hall–Kier alpha value is -1.41. The van der Waals surface area contributed by atoms with Crippen molar-refractivity contribution in [1.29, 1.82) is 0 Å². The van der Waals surface area contributed by atoms with E-state index in [0.29, 0.717) is 6.61 Å². The molecule has 1 heterocycles. The van der Waals surface area contributed by atoms with Crippen LogP contribution in [-0.2, 0) is 20.8 Å². The second-order valence-electron chi connectivity index (χ2n) is 5.07. The van der Waals surface area contributed by atoms with Crippen molar-refractivity contribution < 1.29 is 18.6 Å². The van der Waals surface area contributed by atoms with Crippen LogP contribution in [0.15, 0.2) is 30.3 Å². The maximum atomic E-state index is 13.8. The van der Waals surface area contributed by atoms with Crippen LogP contribution in [0, 0.1) is 11.8 Å². The lowest BCUT2D eigenvalue weighted by molar-refractivity contribution is -0.142. The van der Waals surface area contributed by atoms with E-state index < -0.39 is 18.1 Å². The largest absolute Gasteiger partial charge is 0.364 e. The van der Waals surface area contributed by atoms with Gasteiger partial charge in [0.05, 0.1) is 13.2 Å². The van der Waals surface area contributed by atoms with Crippen molar-refractivity contribution >= 4 is 0 Å². The highest BCUT2D eigenvalue weighted by molar-refractivity contribution is 5.14. The van der Waals surface area contributed by atoms with E-state index in [-0.39, 0.29) is 13.2 Å². The molecular formula is C16H19FO3. The van der Waals surface area contributed by atoms with Crippen LogP contribution in [0.4, 0.5) is 4.39 Å². The average Bonchev–Trinajstić information content (AvgIpc) is 2.80. The number of hydrogen-bond acceptors (Lipinski definition) is 3. The third kappa shape index (κ3) is 4.61. The molecule has 1 fully saturated rings. The Labute approximate surface area is 119 Å². The van der Waals surface area contributed by atoms with E-state index in [4.69, 9.17) is 14.2 Å². The summed E-state index contributed by atoms with van der Waals surface area (Å²) >= 11 is 0. The van der Waals surface area contributed by atoms with Gasteiger partial charge in [-0.05, 0) is 19.4 Å². The van der Waals surface area contributed by atoms with Gasteiger partial charge in [-0.25, -0.2) is 4.39 Å². The molecule has 0 amide bonds. The van der Waals surface area contributed by atoms with Crippen LogP contribution >= 0.6 is 0 Å². The molecule has 20 heavy (non-hydrogen) atoms. The van der Waals surface area contributed by atoms with Gasteiger partial charge in [-0.15, -0.1) is 0 Å². The van der Waals surface area contributed by atoms with Gasteiger partial charge in [-0.3, -0.25) is 0 Å². The molecule has 4 heteroatoms. The number of rotatable bonds is 4. The molecule has 0 radical (unpaired) electrons. The molecule has 0 aliphatic carbocycles. The zero-order valence-corrected chi connectivity index (χ0v) is 11.8. The number of alkyl halides is 1. The van der Waals surface area contributed by atoms with E-state index in [0.717, 1.165) is 5.56 Å². The first kappa shape index (κ1) is 15.0. The first-order valence-electron chi connectivity index (χ1n) is 6.63. The second-order valence-corrected chi connectivity index (χ2v) is 5.07. The fourth-order valence-corrected chi connectivity index (χ4v) is 1.89. The molecule has 2 atom stereocenters. The Morgan fingerprint density at radius 3 is 2.80 bits per heavy atom.